The number of carbonyl (C=O) groups excluding carboxylic acids is 1. The second-order valence-corrected chi connectivity index (χ2v) is 8.90. The van der Waals surface area contributed by atoms with Crippen molar-refractivity contribution in [1.82, 2.24) is 0 Å². The Kier molecular flexibility index (Phi) is 5.84. The number of hydrogen-bond acceptors (Lipinski definition) is 3. The molecule has 4 aromatic rings. The molecule has 0 N–H and O–H groups in total. The minimum atomic E-state index is -0.833. The van der Waals surface area contributed by atoms with Crippen LogP contribution in [0.4, 0.5) is 0 Å². The van der Waals surface area contributed by atoms with E-state index in [0.717, 1.165) is 34.7 Å². The van der Waals surface area contributed by atoms with E-state index in [1.54, 1.807) is 14.2 Å². The summed E-state index contributed by atoms with van der Waals surface area (Å²) in [4.78, 5) is 13.9. The molecule has 0 fully saturated rings. The predicted molar refractivity (Wildman–Crippen MR) is 132 cm³/mol. The Labute approximate surface area is 195 Å². The van der Waals surface area contributed by atoms with Crippen molar-refractivity contribution in [3.8, 4) is 0 Å². The first kappa shape index (κ1) is 21.6. The molecule has 5 rings (SSSR count). The number of benzene rings is 4. The van der Waals surface area contributed by atoms with Gasteiger partial charge in [-0.2, -0.15) is 0 Å². The molecule has 0 aliphatic heterocycles. The monoisotopic (exact) mass is 436 g/mol. The maximum absolute atomic E-state index is 13.9. The largest absolute Gasteiger partial charge is 0.383 e. The molecule has 0 radical (unpaired) electrons. The van der Waals surface area contributed by atoms with Gasteiger partial charge in [-0.25, -0.2) is 0 Å². The number of carbonyl (C=O) groups is 1. The number of hydrogen-bond donors (Lipinski definition) is 0. The molecule has 1 aliphatic rings. The van der Waals surface area contributed by atoms with E-state index >= 15 is 0 Å². The van der Waals surface area contributed by atoms with Gasteiger partial charge < -0.3 is 9.47 Å². The van der Waals surface area contributed by atoms with E-state index in [2.05, 4.69) is 60.7 Å². The van der Waals surface area contributed by atoms with Crippen molar-refractivity contribution in [3.63, 3.8) is 0 Å². The maximum Gasteiger partial charge on any atom is 0.178 e. The summed E-state index contributed by atoms with van der Waals surface area (Å²) in [5.74, 6) is 0.0953. The molecular weight excluding hydrogens is 408 g/mol. The topological polar surface area (TPSA) is 35.5 Å². The van der Waals surface area contributed by atoms with Gasteiger partial charge in [-0.15, -0.1) is 0 Å². The van der Waals surface area contributed by atoms with Gasteiger partial charge in [0.2, 0.25) is 0 Å². The number of ether oxygens (including phenoxy) is 2. The van der Waals surface area contributed by atoms with Crippen LogP contribution in [-0.2, 0) is 27.7 Å². The highest BCUT2D eigenvalue weighted by molar-refractivity contribution is 6.21. The van der Waals surface area contributed by atoms with Crippen LogP contribution in [0.3, 0.4) is 0 Å². The average Bonchev–Trinajstić information content (AvgIpc) is 3.08. The first-order valence-corrected chi connectivity index (χ1v) is 11.4. The average molecular weight is 437 g/mol. The Morgan fingerprint density at radius 1 is 0.697 bits per heavy atom. The summed E-state index contributed by atoms with van der Waals surface area (Å²) in [6.07, 6.45) is 1.57. The smallest absolute Gasteiger partial charge is 0.178 e. The van der Waals surface area contributed by atoms with E-state index < -0.39 is 5.41 Å². The standard InChI is InChI=1S/C30H28O3/c1-32-19-30(20-33-2)28-24(17-22-12-7-4-8-13-22)18-23(16-21-10-5-3-6-11-21)25-14-9-15-26(27(25)28)29(30)31/h3-15,18H,16-17,19-20H2,1-2H3. The summed E-state index contributed by atoms with van der Waals surface area (Å²) in [6.45, 7) is 0.590. The van der Waals surface area contributed by atoms with Gasteiger partial charge >= 0.3 is 0 Å². The van der Waals surface area contributed by atoms with Gasteiger partial charge in [0.25, 0.3) is 0 Å². The van der Waals surface area contributed by atoms with Gasteiger partial charge in [0.1, 0.15) is 5.41 Å². The molecule has 0 atom stereocenters. The zero-order valence-corrected chi connectivity index (χ0v) is 19.1. The Bertz CT molecular complexity index is 1290. The second-order valence-electron chi connectivity index (χ2n) is 8.90. The Morgan fingerprint density at radius 3 is 1.85 bits per heavy atom. The SMILES string of the molecule is COCC1(COC)C(=O)c2cccc3c(Cc4ccccc4)cc(Cc4ccccc4)c1c23. The summed E-state index contributed by atoms with van der Waals surface area (Å²) in [6, 6.07) is 29.4. The lowest BCUT2D eigenvalue weighted by Gasteiger charge is -2.30. The van der Waals surface area contributed by atoms with Gasteiger partial charge in [0, 0.05) is 19.8 Å². The third-order valence-electron chi connectivity index (χ3n) is 6.74. The summed E-state index contributed by atoms with van der Waals surface area (Å²) in [5.41, 5.74) is 5.91. The van der Waals surface area contributed by atoms with Crippen molar-refractivity contribution in [2.75, 3.05) is 27.4 Å². The summed E-state index contributed by atoms with van der Waals surface area (Å²) >= 11 is 0. The molecule has 0 heterocycles. The quantitative estimate of drug-likeness (QED) is 0.353. The van der Waals surface area contributed by atoms with E-state index in [1.807, 2.05) is 24.3 Å². The predicted octanol–water partition coefficient (Wildman–Crippen LogP) is 5.75. The molecule has 166 valence electrons. The first-order valence-electron chi connectivity index (χ1n) is 11.4. The zero-order chi connectivity index (χ0) is 22.8. The number of ketones is 1. The molecule has 0 bridgehead atoms. The minimum absolute atomic E-state index is 0.0953. The molecule has 0 aromatic heterocycles. The van der Waals surface area contributed by atoms with Crippen molar-refractivity contribution >= 4 is 16.6 Å². The van der Waals surface area contributed by atoms with Crippen molar-refractivity contribution in [3.05, 3.63) is 118 Å². The van der Waals surface area contributed by atoms with Crippen LogP contribution < -0.4 is 0 Å². The van der Waals surface area contributed by atoms with E-state index in [9.17, 15) is 4.79 Å². The van der Waals surface area contributed by atoms with Crippen LogP contribution in [0.25, 0.3) is 10.8 Å². The van der Waals surface area contributed by atoms with E-state index in [1.165, 1.54) is 22.3 Å². The van der Waals surface area contributed by atoms with Crippen LogP contribution in [0.1, 0.15) is 38.2 Å². The fourth-order valence-corrected chi connectivity index (χ4v) is 5.44. The molecule has 4 aromatic carbocycles. The van der Waals surface area contributed by atoms with Crippen LogP contribution in [0.2, 0.25) is 0 Å². The van der Waals surface area contributed by atoms with Gasteiger partial charge in [-0.1, -0.05) is 84.9 Å². The van der Waals surface area contributed by atoms with Crippen LogP contribution in [0, 0.1) is 0 Å². The second kappa shape index (κ2) is 8.93. The van der Waals surface area contributed by atoms with Gasteiger partial charge in [0.15, 0.2) is 5.78 Å². The third kappa shape index (κ3) is 3.68. The molecule has 3 heteroatoms. The van der Waals surface area contributed by atoms with E-state index in [-0.39, 0.29) is 5.78 Å². The normalized spacial score (nSPS) is 14.2. The molecule has 3 nitrogen and oxygen atoms in total. The number of methoxy groups -OCH3 is 2. The Hall–Kier alpha value is -3.27. The van der Waals surface area contributed by atoms with Crippen molar-refractivity contribution in [2.24, 2.45) is 0 Å². The molecular formula is C30H28O3. The number of Topliss-reactive ketones (excluding diaryl/α,β-unsaturated/α-hetero) is 1. The van der Waals surface area contributed by atoms with Crippen LogP contribution in [0.15, 0.2) is 84.9 Å². The van der Waals surface area contributed by atoms with Crippen molar-refractivity contribution in [2.45, 2.75) is 18.3 Å². The van der Waals surface area contributed by atoms with Crippen LogP contribution >= 0.6 is 0 Å². The van der Waals surface area contributed by atoms with Crippen LogP contribution in [-0.4, -0.2) is 33.2 Å². The lowest BCUT2D eigenvalue weighted by molar-refractivity contribution is 0.0480. The van der Waals surface area contributed by atoms with Crippen molar-refractivity contribution in [1.29, 1.82) is 0 Å². The Balaban J connectivity index is 1.79. The summed E-state index contributed by atoms with van der Waals surface area (Å²) < 4.78 is 11.3. The van der Waals surface area contributed by atoms with Crippen LogP contribution in [0.5, 0.6) is 0 Å². The highest BCUT2D eigenvalue weighted by Crippen LogP contribution is 2.47. The summed E-state index contributed by atoms with van der Waals surface area (Å²) in [7, 11) is 3.32. The van der Waals surface area contributed by atoms with Gasteiger partial charge in [-0.05, 0) is 51.4 Å². The van der Waals surface area contributed by atoms with Crippen molar-refractivity contribution < 1.29 is 14.3 Å². The molecule has 0 unspecified atom stereocenters. The highest BCUT2D eigenvalue weighted by atomic mass is 16.5. The maximum atomic E-state index is 13.9. The zero-order valence-electron chi connectivity index (χ0n) is 19.1. The fourth-order valence-electron chi connectivity index (χ4n) is 5.44. The molecule has 33 heavy (non-hydrogen) atoms. The number of rotatable bonds is 8. The summed E-state index contributed by atoms with van der Waals surface area (Å²) in [5, 5.41) is 2.21. The molecule has 1 aliphatic carbocycles. The lowest BCUT2D eigenvalue weighted by atomic mass is 9.77. The van der Waals surface area contributed by atoms with E-state index in [0.29, 0.717) is 13.2 Å². The Morgan fingerprint density at radius 2 is 1.27 bits per heavy atom. The molecule has 0 spiro atoms. The lowest BCUT2D eigenvalue weighted by Crippen LogP contribution is -2.42. The molecule has 0 amide bonds. The molecule has 0 saturated carbocycles. The first-order chi connectivity index (χ1) is 16.2. The third-order valence-corrected chi connectivity index (χ3v) is 6.74. The highest BCUT2D eigenvalue weighted by Gasteiger charge is 2.49. The molecule has 0 saturated heterocycles. The van der Waals surface area contributed by atoms with Gasteiger partial charge in [0.05, 0.1) is 13.2 Å². The van der Waals surface area contributed by atoms with E-state index in [4.69, 9.17) is 9.47 Å². The fraction of sp³-hybridized carbons (Fsp3) is 0.233. The van der Waals surface area contributed by atoms with Gasteiger partial charge in [-0.3, -0.25) is 4.79 Å². The minimum Gasteiger partial charge on any atom is -0.383 e.